The minimum absolute atomic E-state index is 0.149. The number of benzene rings is 1. The minimum Gasteiger partial charge on any atom is -0.462 e. The molecule has 1 heterocycles. The van der Waals surface area contributed by atoms with Crippen molar-refractivity contribution in [3.05, 3.63) is 65.5 Å². The third kappa shape index (κ3) is 3.19. The van der Waals surface area contributed by atoms with Gasteiger partial charge in [0.15, 0.2) is 0 Å². The average Bonchev–Trinajstić information content (AvgIpc) is 2.48. The summed E-state index contributed by atoms with van der Waals surface area (Å²) in [5.41, 5.74) is 2.60. The highest BCUT2D eigenvalue weighted by atomic mass is 16.5. The number of hydrogen-bond donors (Lipinski definition) is 0. The van der Waals surface area contributed by atoms with Crippen LogP contribution in [0.1, 0.15) is 41.4 Å². The molecule has 0 aliphatic heterocycles. The fourth-order valence-electron chi connectivity index (χ4n) is 1.94. The predicted octanol–water partition coefficient (Wildman–Crippen LogP) is 3.41. The summed E-state index contributed by atoms with van der Waals surface area (Å²) in [6.45, 7) is 4.25. The molecule has 0 saturated heterocycles. The van der Waals surface area contributed by atoms with Crippen LogP contribution in [-0.4, -0.2) is 17.6 Å². The lowest BCUT2D eigenvalue weighted by Gasteiger charge is -2.12. The van der Waals surface area contributed by atoms with Crippen LogP contribution in [0.5, 0.6) is 0 Å². The van der Waals surface area contributed by atoms with Gasteiger partial charge >= 0.3 is 5.97 Å². The van der Waals surface area contributed by atoms with Gasteiger partial charge in [-0.15, -0.1) is 0 Å². The Kier molecular flexibility index (Phi) is 4.29. The standard InChI is InChI=1S/C16H17NO2/c1-3-19-16(18)14-9-10-17-15(11-14)12(2)13-7-5-4-6-8-13/h4-12H,3H2,1-2H3. The first-order valence-electron chi connectivity index (χ1n) is 6.40. The fourth-order valence-corrected chi connectivity index (χ4v) is 1.94. The van der Waals surface area contributed by atoms with Crippen molar-refractivity contribution in [2.45, 2.75) is 19.8 Å². The maximum absolute atomic E-state index is 11.7. The lowest BCUT2D eigenvalue weighted by Crippen LogP contribution is -2.07. The molecule has 0 N–H and O–H groups in total. The number of nitrogens with zero attached hydrogens (tertiary/aromatic N) is 1. The first-order chi connectivity index (χ1) is 9.22. The largest absolute Gasteiger partial charge is 0.462 e. The van der Waals surface area contributed by atoms with Gasteiger partial charge < -0.3 is 4.74 Å². The first kappa shape index (κ1) is 13.3. The van der Waals surface area contributed by atoms with Crippen molar-refractivity contribution in [2.24, 2.45) is 0 Å². The summed E-state index contributed by atoms with van der Waals surface area (Å²) in [4.78, 5) is 16.1. The SMILES string of the molecule is CCOC(=O)c1ccnc(C(C)c2ccccc2)c1. The van der Waals surface area contributed by atoms with E-state index in [1.54, 1.807) is 25.3 Å². The van der Waals surface area contributed by atoms with Gasteiger partial charge in [0.05, 0.1) is 12.2 Å². The minimum atomic E-state index is -0.300. The molecule has 3 nitrogen and oxygen atoms in total. The zero-order valence-corrected chi connectivity index (χ0v) is 11.2. The van der Waals surface area contributed by atoms with Crippen LogP contribution in [0.2, 0.25) is 0 Å². The molecular formula is C16H17NO2. The summed E-state index contributed by atoms with van der Waals surface area (Å²) in [5, 5.41) is 0. The summed E-state index contributed by atoms with van der Waals surface area (Å²) in [6.07, 6.45) is 1.65. The molecule has 0 saturated carbocycles. The molecule has 1 unspecified atom stereocenters. The van der Waals surface area contributed by atoms with E-state index >= 15 is 0 Å². The van der Waals surface area contributed by atoms with Crippen LogP contribution in [0.3, 0.4) is 0 Å². The average molecular weight is 255 g/mol. The molecule has 0 aliphatic rings. The quantitative estimate of drug-likeness (QED) is 0.786. The van der Waals surface area contributed by atoms with Crippen molar-refractivity contribution < 1.29 is 9.53 Å². The second-order valence-corrected chi connectivity index (χ2v) is 4.32. The van der Waals surface area contributed by atoms with Crippen molar-refractivity contribution in [3.63, 3.8) is 0 Å². The molecular weight excluding hydrogens is 238 g/mol. The summed E-state index contributed by atoms with van der Waals surface area (Å²) in [5.74, 6) is -0.151. The molecule has 3 heteroatoms. The van der Waals surface area contributed by atoms with E-state index in [-0.39, 0.29) is 11.9 Å². The summed E-state index contributed by atoms with van der Waals surface area (Å²) in [6, 6.07) is 13.6. The van der Waals surface area contributed by atoms with Crippen LogP contribution < -0.4 is 0 Å². The number of rotatable bonds is 4. The highest BCUT2D eigenvalue weighted by Crippen LogP contribution is 2.22. The Morgan fingerprint density at radius 2 is 2.00 bits per heavy atom. The highest BCUT2D eigenvalue weighted by Gasteiger charge is 2.13. The molecule has 2 rings (SSSR count). The van der Waals surface area contributed by atoms with Crippen LogP contribution in [0.4, 0.5) is 0 Å². The number of aromatic nitrogens is 1. The topological polar surface area (TPSA) is 39.2 Å². The Morgan fingerprint density at radius 3 is 2.68 bits per heavy atom. The Morgan fingerprint density at radius 1 is 1.26 bits per heavy atom. The fraction of sp³-hybridized carbons (Fsp3) is 0.250. The zero-order chi connectivity index (χ0) is 13.7. The molecule has 0 bridgehead atoms. The second kappa shape index (κ2) is 6.14. The maximum Gasteiger partial charge on any atom is 0.338 e. The number of carbonyl (C=O) groups excluding carboxylic acids is 1. The number of hydrogen-bond acceptors (Lipinski definition) is 3. The summed E-state index contributed by atoms with van der Waals surface area (Å²) < 4.78 is 5.00. The molecule has 1 aromatic carbocycles. The lowest BCUT2D eigenvalue weighted by molar-refractivity contribution is 0.0526. The third-order valence-corrected chi connectivity index (χ3v) is 3.04. The second-order valence-electron chi connectivity index (χ2n) is 4.32. The molecule has 1 aromatic heterocycles. The molecule has 0 fully saturated rings. The van der Waals surface area contributed by atoms with E-state index in [1.807, 2.05) is 18.2 Å². The molecule has 1 atom stereocenters. The van der Waals surface area contributed by atoms with Crippen molar-refractivity contribution >= 4 is 5.97 Å². The van der Waals surface area contributed by atoms with E-state index in [4.69, 9.17) is 4.74 Å². The van der Waals surface area contributed by atoms with Crippen LogP contribution in [0, 0.1) is 0 Å². The van der Waals surface area contributed by atoms with Gasteiger partial charge in [-0.2, -0.15) is 0 Å². The van der Waals surface area contributed by atoms with Gasteiger partial charge in [0.1, 0.15) is 0 Å². The van der Waals surface area contributed by atoms with Gasteiger partial charge in [-0.05, 0) is 24.6 Å². The van der Waals surface area contributed by atoms with E-state index in [0.717, 1.165) is 5.69 Å². The van der Waals surface area contributed by atoms with Crippen molar-refractivity contribution in [2.75, 3.05) is 6.61 Å². The molecule has 0 aliphatic carbocycles. The molecule has 2 aromatic rings. The van der Waals surface area contributed by atoms with Gasteiger partial charge in [-0.1, -0.05) is 37.3 Å². The molecule has 19 heavy (non-hydrogen) atoms. The van der Waals surface area contributed by atoms with E-state index in [2.05, 4.69) is 24.0 Å². The van der Waals surface area contributed by atoms with Gasteiger partial charge in [0.2, 0.25) is 0 Å². The van der Waals surface area contributed by atoms with Gasteiger partial charge in [-0.3, -0.25) is 4.98 Å². The normalized spacial score (nSPS) is 11.9. The maximum atomic E-state index is 11.7. The number of carbonyl (C=O) groups is 1. The molecule has 0 amide bonds. The van der Waals surface area contributed by atoms with Gasteiger partial charge in [-0.25, -0.2) is 4.79 Å². The Bertz CT molecular complexity index is 552. The van der Waals surface area contributed by atoms with Crippen molar-refractivity contribution in [1.29, 1.82) is 0 Å². The van der Waals surface area contributed by atoms with Crippen LogP contribution in [0.15, 0.2) is 48.7 Å². The molecule has 0 radical (unpaired) electrons. The number of esters is 1. The van der Waals surface area contributed by atoms with E-state index < -0.39 is 0 Å². The Hall–Kier alpha value is -2.16. The lowest BCUT2D eigenvalue weighted by atomic mass is 9.96. The first-order valence-corrected chi connectivity index (χ1v) is 6.40. The van der Waals surface area contributed by atoms with Crippen molar-refractivity contribution in [1.82, 2.24) is 4.98 Å². The van der Waals surface area contributed by atoms with Crippen LogP contribution in [-0.2, 0) is 4.74 Å². The smallest absolute Gasteiger partial charge is 0.338 e. The number of ether oxygens (including phenoxy) is 1. The van der Waals surface area contributed by atoms with E-state index in [9.17, 15) is 4.79 Å². The Labute approximate surface area is 113 Å². The Balaban J connectivity index is 2.26. The van der Waals surface area contributed by atoms with Crippen LogP contribution in [0.25, 0.3) is 0 Å². The number of pyridine rings is 1. The van der Waals surface area contributed by atoms with E-state index in [1.165, 1.54) is 5.56 Å². The predicted molar refractivity (Wildman–Crippen MR) is 74.2 cm³/mol. The van der Waals surface area contributed by atoms with Crippen molar-refractivity contribution in [3.8, 4) is 0 Å². The third-order valence-electron chi connectivity index (χ3n) is 3.04. The van der Waals surface area contributed by atoms with Gasteiger partial charge in [0.25, 0.3) is 0 Å². The summed E-state index contributed by atoms with van der Waals surface area (Å²) >= 11 is 0. The summed E-state index contributed by atoms with van der Waals surface area (Å²) in [7, 11) is 0. The van der Waals surface area contributed by atoms with Crippen LogP contribution >= 0.6 is 0 Å². The zero-order valence-electron chi connectivity index (χ0n) is 11.2. The monoisotopic (exact) mass is 255 g/mol. The molecule has 0 spiro atoms. The van der Waals surface area contributed by atoms with Gasteiger partial charge in [0, 0.05) is 17.8 Å². The highest BCUT2D eigenvalue weighted by molar-refractivity contribution is 5.89. The van der Waals surface area contributed by atoms with E-state index in [0.29, 0.717) is 12.2 Å². The molecule has 98 valence electrons.